The maximum atomic E-state index is 6.22. The fourth-order valence-electron chi connectivity index (χ4n) is 1.69. The van der Waals surface area contributed by atoms with Gasteiger partial charge < -0.3 is 4.74 Å². The number of aryl methyl sites for hydroxylation is 1. The Kier molecular flexibility index (Phi) is 2.70. The van der Waals surface area contributed by atoms with Crippen molar-refractivity contribution in [1.82, 2.24) is 0 Å². The monoisotopic (exact) mass is 237 g/mol. The summed E-state index contributed by atoms with van der Waals surface area (Å²) < 4.78 is 6.06. The highest BCUT2D eigenvalue weighted by molar-refractivity contribution is 6.70. The van der Waals surface area contributed by atoms with Crippen LogP contribution in [0.3, 0.4) is 0 Å². The van der Waals surface area contributed by atoms with Gasteiger partial charge >= 0.3 is 0 Å². The highest BCUT2D eigenvalue weighted by Crippen LogP contribution is 2.34. The summed E-state index contributed by atoms with van der Waals surface area (Å²) in [7, 11) is 0. The van der Waals surface area contributed by atoms with Gasteiger partial charge in [0, 0.05) is 0 Å². The van der Waals surface area contributed by atoms with Gasteiger partial charge in [0.1, 0.15) is 16.5 Å². The number of ether oxygens (including phenoxy) is 1. The molecule has 1 atom stereocenters. The van der Waals surface area contributed by atoms with E-state index in [0.29, 0.717) is 5.17 Å². The standard InChI is InChI=1S/C13H16ClNO/c1-8-6-5-7-10-11(8)16-13(3,4)9(2)15-12(10)14/h5-7,9H,1-4H3/t9-/m0/s1. The minimum atomic E-state index is -0.336. The van der Waals surface area contributed by atoms with Gasteiger partial charge in [-0.25, -0.2) is 0 Å². The number of rotatable bonds is 0. The molecular formula is C13H16ClNO. The maximum Gasteiger partial charge on any atom is 0.135 e. The molecule has 0 unspecified atom stereocenters. The Bertz CT molecular complexity index is 451. The predicted octanol–water partition coefficient (Wildman–Crippen LogP) is 3.54. The van der Waals surface area contributed by atoms with E-state index in [-0.39, 0.29) is 11.6 Å². The van der Waals surface area contributed by atoms with Crippen LogP contribution in [0.5, 0.6) is 5.75 Å². The van der Waals surface area contributed by atoms with Crippen molar-refractivity contribution in [2.75, 3.05) is 0 Å². The predicted molar refractivity (Wildman–Crippen MR) is 67.7 cm³/mol. The zero-order valence-electron chi connectivity index (χ0n) is 10.0. The third-order valence-electron chi connectivity index (χ3n) is 3.11. The quantitative estimate of drug-likeness (QED) is 0.676. The number of nitrogens with zero attached hydrogens (tertiary/aromatic N) is 1. The molecule has 0 saturated heterocycles. The van der Waals surface area contributed by atoms with Gasteiger partial charge in [0.25, 0.3) is 0 Å². The molecular weight excluding hydrogens is 222 g/mol. The van der Waals surface area contributed by atoms with Crippen LogP contribution in [0.15, 0.2) is 23.2 Å². The topological polar surface area (TPSA) is 21.6 Å². The summed E-state index contributed by atoms with van der Waals surface area (Å²) >= 11 is 6.22. The third-order valence-corrected chi connectivity index (χ3v) is 3.41. The molecule has 0 aliphatic carbocycles. The Morgan fingerprint density at radius 2 is 2.06 bits per heavy atom. The van der Waals surface area contributed by atoms with Crippen LogP contribution in [0.25, 0.3) is 0 Å². The molecule has 0 saturated carbocycles. The van der Waals surface area contributed by atoms with Crippen LogP contribution in [0, 0.1) is 6.92 Å². The normalized spacial score (nSPS) is 22.8. The van der Waals surface area contributed by atoms with Crippen molar-refractivity contribution in [3.05, 3.63) is 29.3 Å². The molecule has 1 aliphatic rings. The molecule has 16 heavy (non-hydrogen) atoms. The average Bonchev–Trinajstić information content (AvgIpc) is 2.27. The van der Waals surface area contributed by atoms with Gasteiger partial charge in [0.05, 0.1) is 11.6 Å². The van der Waals surface area contributed by atoms with Gasteiger partial charge in [-0.2, -0.15) is 0 Å². The summed E-state index contributed by atoms with van der Waals surface area (Å²) in [6.45, 7) is 8.11. The van der Waals surface area contributed by atoms with Crippen molar-refractivity contribution in [3.63, 3.8) is 0 Å². The lowest BCUT2D eigenvalue weighted by Crippen LogP contribution is -2.38. The molecule has 1 aromatic rings. The van der Waals surface area contributed by atoms with Gasteiger partial charge in [-0.3, -0.25) is 4.99 Å². The van der Waals surface area contributed by atoms with Gasteiger partial charge in [0.2, 0.25) is 0 Å². The molecule has 1 heterocycles. The summed E-state index contributed by atoms with van der Waals surface area (Å²) in [5, 5.41) is 0.539. The number of hydrogen-bond acceptors (Lipinski definition) is 2. The van der Waals surface area contributed by atoms with E-state index < -0.39 is 0 Å². The summed E-state index contributed by atoms with van der Waals surface area (Å²) in [6.07, 6.45) is 0. The Morgan fingerprint density at radius 3 is 2.75 bits per heavy atom. The molecule has 3 heteroatoms. The smallest absolute Gasteiger partial charge is 0.135 e. The Balaban J connectivity index is 2.62. The molecule has 2 rings (SSSR count). The number of hydrogen-bond donors (Lipinski definition) is 0. The second kappa shape index (κ2) is 3.77. The second-order valence-corrected chi connectivity index (χ2v) is 5.11. The fraction of sp³-hybridized carbons (Fsp3) is 0.462. The van der Waals surface area contributed by atoms with E-state index in [2.05, 4.69) is 4.99 Å². The van der Waals surface area contributed by atoms with Crippen LogP contribution < -0.4 is 4.74 Å². The lowest BCUT2D eigenvalue weighted by Gasteiger charge is -2.29. The molecule has 0 bridgehead atoms. The summed E-state index contributed by atoms with van der Waals surface area (Å²) in [4.78, 5) is 4.47. The van der Waals surface area contributed by atoms with E-state index in [0.717, 1.165) is 16.9 Å². The van der Waals surface area contributed by atoms with Crippen molar-refractivity contribution in [3.8, 4) is 5.75 Å². The van der Waals surface area contributed by atoms with Gasteiger partial charge in [-0.15, -0.1) is 0 Å². The summed E-state index contributed by atoms with van der Waals surface area (Å²) in [5.41, 5.74) is 1.64. The SMILES string of the molecule is Cc1cccc2c1OC(C)(C)[C@H](C)N=C2Cl. The van der Waals surface area contributed by atoms with Crippen molar-refractivity contribution in [2.24, 2.45) is 4.99 Å². The summed E-state index contributed by atoms with van der Waals surface area (Å²) in [6, 6.07) is 5.97. The lowest BCUT2D eigenvalue weighted by molar-refractivity contribution is 0.0882. The Labute approximate surface area is 101 Å². The Morgan fingerprint density at radius 1 is 1.38 bits per heavy atom. The minimum Gasteiger partial charge on any atom is -0.485 e. The van der Waals surface area contributed by atoms with Crippen molar-refractivity contribution in [1.29, 1.82) is 0 Å². The van der Waals surface area contributed by atoms with E-state index in [9.17, 15) is 0 Å². The van der Waals surface area contributed by atoms with Crippen LogP contribution in [0.1, 0.15) is 31.9 Å². The number of para-hydroxylation sites is 1. The number of halogens is 1. The van der Waals surface area contributed by atoms with Crippen LogP contribution in [-0.4, -0.2) is 16.8 Å². The van der Waals surface area contributed by atoms with Crippen molar-refractivity contribution < 1.29 is 4.74 Å². The van der Waals surface area contributed by atoms with Crippen molar-refractivity contribution in [2.45, 2.75) is 39.3 Å². The van der Waals surface area contributed by atoms with Gasteiger partial charge in [-0.1, -0.05) is 23.7 Å². The van der Waals surface area contributed by atoms with Gasteiger partial charge in [0.15, 0.2) is 0 Å². The van der Waals surface area contributed by atoms with E-state index in [1.54, 1.807) is 0 Å². The molecule has 0 N–H and O–H groups in total. The molecule has 0 fully saturated rings. The number of aliphatic imine (C=N–C) groups is 1. The second-order valence-electron chi connectivity index (χ2n) is 4.75. The van der Waals surface area contributed by atoms with Gasteiger partial charge in [-0.05, 0) is 39.3 Å². The van der Waals surface area contributed by atoms with E-state index >= 15 is 0 Å². The average molecular weight is 238 g/mol. The van der Waals surface area contributed by atoms with Crippen LogP contribution in [0.4, 0.5) is 0 Å². The first-order chi connectivity index (χ1) is 7.42. The van der Waals surface area contributed by atoms with Crippen LogP contribution >= 0.6 is 11.6 Å². The van der Waals surface area contributed by atoms with E-state index in [1.165, 1.54) is 0 Å². The van der Waals surface area contributed by atoms with Crippen molar-refractivity contribution >= 4 is 16.8 Å². The Hall–Kier alpha value is -1.02. The molecule has 86 valence electrons. The minimum absolute atomic E-state index is 0.0341. The molecule has 0 radical (unpaired) electrons. The first kappa shape index (κ1) is 11.5. The first-order valence-electron chi connectivity index (χ1n) is 5.44. The first-order valence-corrected chi connectivity index (χ1v) is 5.82. The molecule has 0 amide bonds. The summed E-state index contributed by atoms with van der Waals surface area (Å²) in [5.74, 6) is 0.852. The molecule has 2 nitrogen and oxygen atoms in total. The zero-order chi connectivity index (χ0) is 11.9. The van der Waals surface area contributed by atoms with E-state index in [4.69, 9.17) is 16.3 Å². The van der Waals surface area contributed by atoms with Crippen LogP contribution in [0.2, 0.25) is 0 Å². The van der Waals surface area contributed by atoms with Crippen LogP contribution in [-0.2, 0) is 0 Å². The maximum absolute atomic E-state index is 6.22. The highest BCUT2D eigenvalue weighted by Gasteiger charge is 2.32. The largest absolute Gasteiger partial charge is 0.485 e. The highest BCUT2D eigenvalue weighted by atomic mass is 35.5. The molecule has 0 aromatic heterocycles. The third kappa shape index (κ3) is 1.82. The number of benzene rings is 1. The van der Waals surface area contributed by atoms with E-state index in [1.807, 2.05) is 45.9 Å². The lowest BCUT2D eigenvalue weighted by atomic mass is 10.0. The zero-order valence-corrected chi connectivity index (χ0v) is 10.8. The number of fused-ring (bicyclic) bond motifs is 1. The fourth-order valence-corrected chi connectivity index (χ4v) is 1.99. The molecule has 0 spiro atoms. The molecule has 1 aliphatic heterocycles. The molecule has 1 aromatic carbocycles.